The van der Waals surface area contributed by atoms with Crippen molar-refractivity contribution in [2.75, 3.05) is 24.6 Å². The zero-order valence-electron chi connectivity index (χ0n) is 12.1. The van der Waals surface area contributed by atoms with Crippen molar-refractivity contribution in [1.29, 1.82) is 0 Å². The molecule has 1 fully saturated rings. The molecule has 2 unspecified atom stereocenters. The average Bonchev–Trinajstić information content (AvgIpc) is 2.40. The summed E-state index contributed by atoms with van der Waals surface area (Å²) in [4.78, 5) is 14.5. The number of carbonyl (C=O) groups is 1. The normalized spacial score (nSPS) is 21.6. The van der Waals surface area contributed by atoms with E-state index in [0.29, 0.717) is 24.4 Å². The number of hydrogen-bond donors (Lipinski definition) is 1. The Kier molecular flexibility index (Phi) is 7.75. The molecule has 0 aromatic heterocycles. The van der Waals surface area contributed by atoms with Gasteiger partial charge in [-0.2, -0.15) is 11.8 Å². The third kappa shape index (κ3) is 5.19. The van der Waals surface area contributed by atoms with Crippen LogP contribution in [0, 0.1) is 0 Å². The number of nitrogens with one attached hydrogen (secondary N) is 1. The van der Waals surface area contributed by atoms with Crippen LogP contribution in [-0.4, -0.2) is 47.5 Å². The van der Waals surface area contributed by atoms with Crippen LogP contribution in [0.2, 0.25) is 0 Å². The largest absolute Gasteiger partial charge is 0.340 e. The summed E-state index contributed by atoms with van der Waals surface area (Å²) in [6.07, 6.45) is 3.98. The maximum absolute atomic E-state index is 12.4. The van der Waals surface area contributed by atoms with Gasteiger partial charge in [-0.1, -0.05) is 20.3 Å². The first kappa shape index (κ1) is 15.8. The first-order chi connectivity index (χ1) is 8.69. The van der Waals surface area contributed by atoms with Crippen LogP contribution in [0.25, 0.3) is 0 Å². The maximum Gasteiger partial charge on any atom is 0.224 e. The van der Waals surface area contributed by atoms with Crippen molar-refractivity contribution in [2.45, 2.75) is 58.5 Å². The van der Waals surface area contributed by atoms with E-state index >= 15 is 0 Å². The summed E-state index contributed by atoms with van der Waals surface area (Å²) in [5.41, 5.74) is 0. The molecule has 1 rings (SSSR count). The second kappa shape index (κ2) is 8.81. The molecule has 1 heterocycles. The van der Waals surface area contributed by atoms with Crippen LogP contribution in [0.15, 0.2) is 0 Å². The van der Waals surface area contributed by atoms with Gasteiger partial charge in [0.2, 0.25) is 5.91 Å². The summed E-state index contributed by atoms with van der Waals surface area (Å²) < 4.78 is 0. The molecular formula is C14H28N2OS. The Morgan fingerprint density at radius 2 is 2.28 bits per heavy atom. The SMILES string of the molecule is CCCCN(C(=O)CC1CSCCN1)C(C)CC. The monoisotopic (exact) mass is 272 g/mol. The molecule has 1 amide bonds. The lowest BCUT2D eigenvalue weighted by molar-refractivity contribution is -0.133. The molecule has 0 aliphatic carbocycles. The van der Waals surface area contributed by atoms with E-state index in [2.05, 4.69) is 31.0 Å². The molecule has 18 heavy (non-hydrogen) atoms. The Balaban J connectivity index is 2.46. The Labute approximate surface area is 116 Å². The van der Waals surface area contributed by atoms with E-state index in [0.717, 1.165) is 38.1 Å². The first-order valence-electron chi connectivity index (χ1n) is 7.29. The van der Waals surface area contributed by atoms with E-state index in [1.807, 2.05) is 11.8 Å². The molecule has 1 N–H and O–H groups in total. The number of thioether (sulfide) groups is 1. The molecule has 0 aromatic rings. The van der Waals surface area contributed by atoms with Crippen LogP contribution in [0.5, 0.6) is 0 Å². The lowest BCUT2D eigenvalue weighted by Gasteiger charge is -2.31. The quantitative estimate of drug-likeness (QED) is 0.773. The van der Waals surface area contributed by atoms with E-state index in [-0.39, 0.29) is 0 Å². The highest BCUT2D eigenvalue weighted by molar-refractivity contribution is 7.99. The first-order valence-corrected chi connectivity index (χ1v) is 8.45. The predicted octanol–water partition coefficient (Wildman–Crippen LogP) is 2.51. The second-order valence-electron chi connectivity index (χ2n) is 5.13. The Bertz CT molecular complexity index is 242. The lowest BCUT2D eigenvalue weighted by atomic mass is 10.1. The molecule has 0 saturated carbocycles. The van der Waals surface area contributed by atoms with E-state index < -0.39 is 0 Å². The van der Waals surface area contributed by atoms with Crippen molar-refractivity contribution in [3.8, 4) is 0 Å². The highest BCUT2D eigenvalue weighted by atomic mass is 32.2. The van der Waals surface area contributed by atoms with Gasteiger partial charge in [0, 0.05) is 43.1 Å². The van der Waals surface area contributed by atoms with Gasteiger partial charge in [0.15, 0.2) is 0 Å². The van der Waals surface area contributed by atoms with Crippen molar-refractivity contribution in [1.82, 2.24) is 10.2 Å². The topological polar surface area (TPSA) is 32.3 Å². The maximum atomic E-state index is 12.4. The van der Waals surface area contributed by atoms with Gasteiger partial charge in [0.25, 0.3) is 0 Å². The molecule has 2 atom stereocenters. The average molecular weight is 272 g/mol. The number of amides is 1. The number of carbonyl (C=O) groups excluding carboxylic acids is 1. The predicted molar refractivity (Wildman–Crippen MR) is 80.1 cm³/mol. The summed E-state index contributed by atoms with van der Waals surface area (Å²) in [6.45, 7) is 8.46. The van der Waals surface area contributed by atoms with Gasteiger partial charge < -0.3 is 10.2 Å². The fourth-order valence-electron chi connectivity index (χ4n) is 2.22. The van der Waals surface area contributed by atoms with Crippen molar-refractivity contribution in [3.05, 3.63) is 0 Å². The lowest BCUT2D eigenvalue weighted by Crippen LogP contribution is -2.45. The van der Waals surface area contributed by atoms with E-state index in [4.69, 9.17) is 0 Å². The van der Waals surface area contributed by atoms with Gasteiger partial charge >= 0.3 is 0 Å². The zero-order chi connectivity index (χ0) is 13.4. The van der Waals surface area contributed by atoms with Crippen LogP contribution < -0.4 is 5.32 Å². The van der Waals surface area contributed by atoms with Crippen LogP contribution in [0.3, 0.4) is 0 Å². The summed E-state index contributed by atoms with van der Waals surface area (Å²) >= 11 is 1.96. The van der Waals surface area contributed by atoms with Crippen LogP contribution in [0.1, 0.15) is 46.5 Å². The van der Waals surface area contributed by atoms with E-state index in [9.17, 15) is 4.79 Å². The molecule has 0 bridgehead atoms. The molecule has 3 nitrogen and oxygen atoms in total. The van der Waals surface area contributed by atoms with Gasteiger partial charge in [-0.15, -0.1) is 0 Å². The third-order valence-electron chi connectivity index (χ3n) is 3.62. The minimum absolute atomic E-state index is 0.331. The van der Waals surface area contributed by atoms with Gasteiger partial charge in [0.1, 0.15) is 0 Å². The molecule has 0 radical (unpaired) electrons. The van der Waals surface area contributed by atoms with Crippen LogP contribution >= 0.6 is 11.8 Å². The standard InChI is InChI=1S/C14H28N2OS/c1-4-6-8-16(12(3)5-2)14(17)10-13-11-18-9-7-15-13/h12-13,15H,4-11H2,1-3H3. The highest BCUT2D eigenvalue weighted by Gasteiger charge is 2.23. The van der Waals surface area contributed by atoms with Crippen molar-refractivity contribution in [2.24, 2.45) is 0 Å². The number of rotatable bonds is 7. The molecule has 4 heteroatoms. The minimum atomic E-state index is 0.331. The Hall–Kier alpha value is -0.220. The third-order valence-corrected chi connectivity index (χ3v) is 4.75. The molecule has 0 spiro atoms. The summed E-state index contributed by atoms with van der Waals surface area (Å²) in [5.74, 6) is 2.58. The van der Waals surface area contributed by atoms with Gasteiger partial charge in [-0.05, 0) is 19.8 Å². The zero-order valence-corrected chi connectivity index (χ0v) is 12.9. The van der Waals surface area contributed by atoms with Crippen molar-refractivity contribution >= 4 is 17.7 Å². The van der Waals surface area contributed by atoms with Gasteiger partial charge in [-0.3, -0.25) is 4.79 Å². The summed E-state index contributed by atoms with van der Waals surface area (Å²) in [6, 6.07) is 0.754. The number of unbranched alkanes of at least 4 members (excludes halogenated alkanes) is 1. The van der Waals surface area contributed by atoms with E-state index in [1.165, 1.54) is 5.75 Å². The summed E-state index contributed by atoms with van der Waals surface area (Å²) in [7, 11) is 0. The molecule has 1 saturated heterocycles. The molecule has 106 valence electrons. The second-order valence-corrected chi connectivity index (χ2v) is 6.28. The molecule has 1 aliphatic rings. The van der Waals surface area contributed by atoms with Gasteiger partial charge in [-0.25, -0.2) is 0 Å². The fourth-order valence-corrected chi connectivity index (χ4v) is 3.17. The molecular weight excluding hydrogens is 244 g/mol. The highest BCUT2D eigenvalue weighted by Crippen LogP contribution is 2.14. The van der Waals surface area contributed by atoms with E-state index in [1.54, 1.807) is 0 Å². The molecule has 0 aromatic carbocycles. The van der Waals surface area contributed by atoms with Crippen LogP contribution in [0.4, 0.5) is 0 Å². The fraction of sp³-hybridized carbons (Fsp3) is 0.929. The van der Waals surface area contributed by atoms with Gasteiger partial charge in [0.05, 0.1) is 0 Å². The van der Waals surface area contributed by atoms with Crippen molar-refractivity contribution < 1.29 is 4.79 Å². The smallest absolute Gasteiger partial charge is 0.224 e. The molecule has 1 aliphatic heterocycles. The Morgan fingerprint density at radius 3 is 2.83 bits per heavy atom. The summed E-state index contributed by atoms with van der Waals surface area (Å²) in [5, 5.41) is 3.45. The van der Waals surface area contributed by atoms with Crippen molar-refractivity contribution in [3.63, 3.8) is 0 Å². The number of hydrogen-bond acceptors (Lipinski definition) is 3. The van der Waals surface area contributed by atoms with Crippen LogP contribution in [-0.2, 0) is 4.79 Å². The number of nitrogens with zero attached hydrogens (tertiary/aromatic N) is 1. The minimum Gasteiger partial charge on any atom is -0.340 e. The Morgan fingerprint density at radius 1 is 1.50 bits per heavy atom.